The van der Waals surface area contributed by atoms with Crippen LogP contribution in [-0.2, 0) is 7.05 Å². The fraction of sp³-hybridized carbons (Fsp3) is 0.333. The van der Waals surface area contributed by atoms with Gasteiger partial charge in [0, 0.05) is 16.8 Å². The molecule has 0 aromatic carbocycles. The molecule has 0 aliphatic rings. The van der Waals surface area contributed by atoms with Gasteiger partial charge in [-0.2, -0.15) is 0 Å². The second kappa shape index (κ2) is 2.94. The van der Waals surface area contributed by atoms with Crippen molar-refractivity contribution >= 4 is 33.6 Å². The fourth-order valence-electron chi connectivity index (χ4n) is 1.53. The van der Waals surface area contributed by atoms with Crippen molar-refractivity contribution in [1.82, 2.24) is 14.5 Å². The first-order valence-corrected chi connectivity index (χ1v) is 5.13. The highest BCUT2D eigenvalue weighted by atomic mass is 127. The van der Waals surface area contributed by atoms with Crippen molar-refractivity contribution < 1.29 is 0 Å². The summed E-state index contributed by atoms with van der Waals surface area (Å²) in [6, 6.07) is 0. The lowest BCUT2D eigenvalue weighted by Gasteiger charge is -1.99. The second-order valence-electron chi connectivity index (χ2n) is 3.14. The summed E-state index contributed by atoms with van der Waals surface area (Å²) in [5, 5.41) is 1.17. The van der Waals surface area contributed by atoms with Gasteiger partial charge in [0.1, 0.15) is 11.5 Å². The molecule has 0 atom stereocenters. The predicted octanol–water partition coefficient (Wildman–Crippen LogP) is 2.19. The fourth-order valence-corrected chi connectivity index (χ4v) is 2.57. The number of halogens is 1. The maximum atomic E-state index is 4.40. The molecule has 0 fully saturated rings. The molecule has 0 bridgehead atoms. The molecular formula is C9H10IN3. The van der Waals surface area contributed by atoms with Crippen LogP contribution in [0.3, 0.4) is 0 Å². The van der Waals surface area contributed by atoms with E-state index >= 15 is 0 Å². The van der Waals surface area contributed by atoms with Crippen LogP contribution in [0.1, 0.15) is 11.5 Å². The topological polar surface area (TPSA) is 30.7 Å². The van der Waals surface area contributed by atoms with Crippen molar-refractivity contribution in [2.24, 2.45) is 7.05 Å². The van der Waals surface area contributed by atoms with E-state index in [0.717, 1.165) is 17.2 Å². The zero-order valence-electron chi connectivity index (χ0n) is 7.80. The van der Waals surface area contributed by atoms with Crippen LogP contribution in [0.5, 0.6) is 0 Å². The van der Waals surface area contributed by atoms with Gasteiger partial charge in [-0.1, -0.05) is 0 Å². The Hall–Kier alpha value is -0.650. The highest BCUT2D eigenvalue weighted by molar-refractivity contribution is 14.1. The Morgan fingerprint density at radius 3 is 2.69 bits per heavy atom. The van der Waals surface area contributed by atoms with Gasteiger partial charge in [-0.05, 0) is 36.4 Å². The summed E-state index contributed by atoms with van der Waals surface area (Å²) in [6.45, 7) is 3.95. The molecule has 3 nitrogen and oxygen atoms in total. The van der Waals surface area contributed by atoms with E-state index in [1.165, 1.54) is 8.96 Å². The SMILES string of the molecule is Cc1nc(C)c2c(I)cn(C)c2n1. The van der Waals surface area contributed by atoms with Crippen molar-refractivity contribution in [3.63, 3.8) is 0 Å². The van der Waals surface area contributed by atoms with Gasteiger partial charge in [0.05, 0.1) is 11.1 Å². The van der Waals surface area contributed by atoms with Crippen molar-refractivity contribution in [2.75, 3.05) is 0 Å². The van der Waals surface area contributed by atoms with Crippen LogP contribution in [0.25, 0.3) is 11.0 Å². The summed E-state index contributed by atoms with van der Waals surface area (Å²) in [5.74, 6) is 0.836. The van der Waals surface area contributed by atoms with Crippen molar-refractivity contribution in [1.29, 1.82) is 0 Å². The Balaban J connectivity index is 2.97. The average molecular weight is 287 g/mol. The Morgan fingerprint density at radius 1 is 1.31 bits per heavy atom. The van der Waals surface area contributed by atoms with E-state index in [0.29, 0.717) is 0 Å². The molecule has 0 spiro atoms. The van der Waals surface area contributed by atoms with E-state index in [-0.39, 0.29) is 0 Å². The number of fused-ring (bicyclic) bond motifs is 1. The maximum Gasteiger partial charge on any atom is 0.144 e. The molecule has 0 amide bonds. The van der Waals surface area contributed by atoms with Gasteiger partial charge in [0.15, 0.2) is 0 Å². The minimum Gasteiger partial charge on any atom is -0.334 e. The summed E-state index contributed by atoms with van der Waals surface area (Å²) < 4.78 is 3.26. The molecule has 0 saturated heterocycles. The first-order chi connectivity index (χ1) is 6.09. The molecule has 2 aromatic heterocycles. The molecule has 13 heavy (non-hydrogen) atoms. The number of nitrogens with zero attached hydrogens (tertiary/aromatic N) is 3. The van der Waals surface area contributed by atoms with E-state index in [1.54, 1.807) is 0 Å². The van der Waals surface area contributed by atoms with Crippen LogP contribution in [-0.4, -0.2) is 14.5 Å². The summed E-state index contributed by atoms with van der Waals surface area (Å²) in [6.07, 6.45) is 2.08. The monoisotopic (exact) mass is 287 g/mol. The van der Waals surface area contributed by atoms with E-state index < -0.39 is 0 Å². The van der Waals surface area contributed by atoms with Gasteiger partial charge < -0.3 is 4.57 Å². The minimum absolute atomic E-state index is 0.836. The van der Waals surface area contributed by atoms with Gasteiger partial charge in [0.2, 0.25) is 0 Å². The summed E-state index contributed by atoms with van der Waals surface area (Å²) >= 11 is 2.32. The zero-order valence-corrected chi connectivity index (χ0v) is 9.95. The minimum atomic E-state index is 0.836. The number of hydrogen-bond acceptors (Lipinski definition) is 2. The molecular weight excluding hydrogens is 277 g/mol. The van der Waals surface area contributed by atoms with Crippen LogP contribution >= 0.6 is 22.6 Å². The van der Waals surface area contributed by atoms with Gasteiger partial charge in [-0.15, -0.1) is 0 Å². The molecule has 2 heterocycles. The molecule has 0 radical (unpaired) electrons. The van der Waals surface area contributed by atoms with E-state index in [4.69, 9.17) is 0 Å². The molecule has 2 rings (SSSR count). The molecule has 2 aromatic rings. The highest BCUT2D eigenvalue weighted by Crippen LogP contribution is 2.22. The largest absolute Gasteiger partial charge is 0.334 e. The Labute approximate surface area is 90.3 Å². The molecule has 4 heteroatoms. The smallest absolute Gasteiger partial charge is 0.144 e. The quantitative estimate of drug-likeness (QED) is 0.695. The van der Waals surface area contributed by atoms with Gasteiger partial charge in [-0.25, -0.2) is 9.97 Å². The molecule has 68 valence electrons. The summed E-state index contributed by atoms with van der Waals surface area (Å²) in [7, 11) is 2.01. The van der Waals surface area contributed by atoms with Crippen molar-refractivity contribution in [2.45, 2.75) is 13.8 Å². The Morgan fingerprint density at radius 2 is 2.00 bits per heavy atom. The summed E-state index contributed by atoms with van der Waals surface area (Å²) in [5.41, 5.74) is 2.09. The third kappa shape index (κ3) is 1.33. The number of aromatic nitrogens is 3. The van der Waals surface area contributed by atoms with Crippen LogP contribution in [0, 0.1) is 17.4 Å². The molecule has 0 N–H and O–H groups in total. The first-order valence-electron chi connectivity index (χ1n) is 4.05. The average Bonchev–Trinajstić information content (AvgIpc) is 2.27. The van der Waals surface area contributed by atoms with Gasteiger partial charge >= 0.3 is 0 Å². The number of aryl methyl sites for hydroxylation is 3. The Kier molecular flexibility index (Phi) is 2.02. The third-order valence-corrected chi connectivity index (χ3v) is 2.88. The molecule has 0 saturated carbocycles. The van der Waals surface area contributed by atoms with Crippen LogP contribution < -0.4 is 0 Å². The maximum absolute atomic E-state index is 4.40. The molecule has 0 aliphatic carbocycles. The van der Waals surface area contributed by atoms with E-state index in [9.17, 15) is 0 Å². The lowest BCUT2D eigenvalue weighted by molar-refractivity contribution is 0.926. The van der Waals surface area contributed by atoms with Crippen molar-refractivity contribution in [3.8, 4) is 0 Å². The van der Waals surface area contributed by atoms with Crippen LogP contribution in [0.2, 0.25) is 0 Å². The first kappa shape index (κ1) is 8.93. The predicted molar refractivity (Wildman–Crippen MR) is 60.7 cm³/mol. The van der Waals surface area contributed by atoms with Crippen LogP contribution in [0.15, 0.2) is 6.20 Å². The standard InChI is InChI=1S/C9H10IN3/c1-5-8-7(10)4-13(3)9(8)12-6(2)11-5/h4H,1-3H3. The lowest BCUT2D eigenvalue weighted by Crippen LogP contribution is -1.95. The highest BCUT2D eigenvalue weighted by Gasteiger charge is 2.09. The number of rotatable bonds is 0. The molecule has 0 unspecified atom stereocenters. The normalized spacial score (nSPS) is 11.1. The van der Waals surface area contributed by atoms with E-state index in [2.05, 4.69) is 38.8 Å². The Bertz CT molecular complexity index is 473. The second-order valence-corrected chi connectivity index (χ2v) is 4.30. The van der Waals surface area contributed by atoms with Gasteiger partial charge in [0.25, 0.3) is 0 Å². The third-order valence-electron chi connectivity index (χ3n) is 2.06. The number of hydrogen-bond donors (Lipinski definition) is 0. The van der Waals surface area contributed by atoms with E-state index in [1.807, 2.05) is 25.5 Å². The van der Waals surface area contributed by atoms with Gasteiger partial charge in [-0.3, -0.25) is 0 Å². The molecule has 0 aliphatic heterocycles. The lowest BCUT2D eigenvalue weighted by atomic mass is 10.3. The zero-order chi connectivity index (χ0) is 9.59. The summed E-state index contributed by atoms with van der Waals surface area (Å²) in [4.78, 5) is 8.75. The van der Waals surface area contributed by atoms with Crippen molar-refractivity contribution in [3.05, 3.63) is 21.3 Å². The van der Waals surface area contributed by atoms with Crippen LogP contribution in [0.4, 0.5) is 0 Å².